The molecule has 84 valence electrons. The SMILES string of the molecule is C(=NON=Cc1ccccc1)c1ccccc1. The Balaban J connectivity index is 1.84. The fraction of sp³-hybridized carbons (Fsp3) is 0. The standard InChI is InChI=1S/C14H12N2O/c1-3-7-13(8-4-1)11-15-17-16-12-14-9-5-2-6-10-14/h1-12H. The van der Waals surface area contributed by atoms with Gasteiger partial charge in [0.15, 0.2) is 0 Å². The molecule has 0 aromatic heterocycles. The second kappa shape index (κ2) is 6.23. The lowest BCUT2D eigenvalue weighted by Crippen LogP contribution is -1.82. The van der Waals surface area contributed by atoms with Crippen LogP contribution in [0.15, 0.2) is 71.0 Å². The summed E-state index contributed by atoms with van der Waals surface area (Å²) in [4.78, 5) is 4.78. The van der Waals surface area contributed by atoms with Gasteiger partial charge in [-0.25, -0.2) is 4.94 Å². The summed E-state index contributed by atoms with van der Waals surface area (Å²) in [5, 5.41) is 7.47. The van der Waals surface area contributed by atoms with Crippen LogP contribution >= 0.6 is 0 Å². The Bertz CT molecular complexity index is 445. The zero-order valence-corrected chi connectivity index (χ0v) is 9.23. The van der Waals surface area contributed by atoms with E-state index in [0.717, 1.165) is 11.1 Å². The third-order valence-corrected chi connectivity index (χ3v) is 2.10. The van der Waals surface area contributed by atoms with Gasteiger partial charge in [0.25, 0.3) is 0 Å². The zero-order valence-electron chi connectivity index (χ0n) is 9.23. The van der Waals surface area contributed by atoms with Crippen molar-refractivity contribution in [3.05, 3.63) is 71.8 Å². The summed E-state index contributed by atoms with van der Waals surface area (Å²) in [6, 6.07) is 19.4. The number of rotatable bonds is 4. The largest absolute Gasteiger partial charge is 0.245 e. The Morgan fingerprint density at radius 3 is 1.47 bits per heavy atom. The molecule has 0 atom stereocenters. The molecule has 0 saturated heterocycles. The van der Waals surface area contributed by atoms with Crippen molar-refractivity contribution in [2.45, 2.75) is 0 Å². The van der Waals surface area contributed by atoms with E-state index in [1.165, 1.54) is 0 Å². The van der Waals surface area contributed by atoms with Crippen LogP contribution < -0.4 is 0 Å². The number of nitrogens with zero attached hydrogens (tertiary/aromatic N) is 2. The summed E-state index contributed by atoms with van der Waals surface area (Å²) in [5.41, 5.74) is 1.95. The molecule has 0 amide bonds. The van der Waals surface area contributed by atoms with Crippen molar-refractivity contribution in [1.29, 1.82) is 0 Å². The molecule has 0 aliphatic heterocycles. The van der Waals surface area contributed by atoms with Crippen molar-refractivity contribution < 1.29 is 4.94 Å². The molecule has 2 aromatic rings. The quantitative estimate of drug-likeness (QED) is 0.580. The van der Waals surface area contributed by atoms with Crippen LogP contribution in [0.1, 0.15) is 11.1 Å². The van der Waals surface area contributed by atoms with Gasteiger partial charge < -0.3 is 0 Å². The molecule has 0 spiro atoms. The second-order valence-corrected chi connectivity index (χ2v) is 3.37. The monoisotopic (exact) mass is 224 g/mol. The van der Waals surface area contributed by atoms with E-state index in [-0.39, 0.29) is 0 Å². The highest BCUT2D eigenvalue weighted by atomic mass is 16.8. The van der Waals surface area contributed by atoms with Crippen LogP contribution in [0.5, 0.6) is 0 Å². The lowest BCUT2D eigenvalue weighted by Gasteiger charge is -1.90. The molecule has 0 N–H and O–H groups in total. The lowest BCUT2D eigenvalue weighted by atomic mass is 10.2. The van der Waals surface area contributed by atoms with E-state index in [1.807, 2.05) is 60.7 Å². The summed E-state index contributed by atoms with van der Waals surface area (Å²) < 4.78 is 0. The fourth-order valence-corrected chi connectivity index (χ4v) is 1.27. The van der Waals surface area contributed by atoms with Crippen LogP contribution in [-0.4, -0.2) is 12.4 Å². The maximum absolute atomic E-state index is 4.78. The minimum Gasteiger partial charge on any atom is -0.245 e. The van der Waals surface area contributed by atoms with Gasteiger partial charge in [-0.05, 0) is 11.1 Å². The van der Waals surface area contributed by atoms with E-state index >= 15 is 0 Å². The van der Waals surface area contributed by atoms with Gasteiger partial charge in [0.05, 0.1) is 12.4 Å². The third kappa shape index (κ3) is 3.91. The van der Waals surface area contributed by atoms with Gasteiger partial charge in [0, 0.05) is 0 Å². The Morgan fingerprint density at radius 1 is 0.647 bits per heavy atom. The molecule has 0 unspecified atom stereocenters. The van der Waals surface area contributed by atoms with Crippen molar-refractivity contribution in [3.63, 3.8) is 0 Å². The number of oxime groups is 2. The molecule has 0 radical (unpaired) electrons. The Morgan fingerprint density at radius 2 is 1.06 bits per heavy atom. The molecule has 0 aliphatic carbocycles. The van der Waals surface area contributed by atoms with Crippen LogP contribution in [0.25, 0.3) is 0 Å². The Kier molecular flexibility index (Phi) is 4.06. The van der Waals surface area contributed by atoms with Gasteiger partial charge >= 0.3 is 0 Å². The first-order chi connectivity index (χ1) is 8.45. The molecule has 0 bridgehead atoms. The van der Waals surface area contributed by atoms with Crippen molar-refractivity contribution in [2.24, 2.45) is 10.3 Å². The first kappa shape index (κ1) is 11.1. The van der Waals surface area contributed by atoms with Gasteiger partial charge in [0.2, 0.25) is 0 Å². The highest BCUT2D eigenvalue weighted by Crippen LogP contribution is 1.96. The average Bonchev–Trinajstić information content (AvgIpc) is 2.41. The molecule has 0 fully saturated rings. The summed E-state index contributed by atoms with van der Waals surface area (Å²) in [6.07, 6.45) is 3.23. The minimum absolute atomic E-state index is 0.974. The molecule has 2 rings (SSSR count). The van der Waals surface area contributed by atoms with Crippen LogP contribution in [0.4, 0.5) is 0 Å². The van der Waals surface area contributed by atoms with Gasteiger partial charge in [-0.15, -0.1) is 0 Å². The van der Waals surface area contributed by atoms with E-state index in [1.54, 1.807) is 12.4 Å². The second-order valence-electron chi connectivity index (χ2n) is 3.37. The van der Waals surface area contributed by atoms with Crippen LogP contribution in [0.3, 0.4) is 0 Å². The maximum atomic E-state index is 4.78. The summed E-state index contributed by atoms with van der Waals surface area (Å²) in [7, 11) is 0. The van der Waals surface area contributed by atoms with Crippen LogP contribution in [-0.2, 0) is 4.94 Å². The highest BCUT2D eigenvalue weighted by molar-refractivity contribution is 5.79. The Labute approximate surface area is 100 Å². The fourth-order valence-electron chi connectivity index (χ4n) is 1.27. The van der Waals surface area contributed by atoms with Crippen LogP contribution in [0.2, 0.25) is 0 Å². The molecule has 0 saturated carbocycles. The molecule has 0 heterocycles. The van der Waals surface area contributed by atoms with Gasteiger partial charge in [-0.1, -0.05) is 71.0 Å². The molecule has 0 aliphatic rings. The maximum Gasteiger partial charge on any atom is 0.0768 e. The molecule has 17 heavy (non-hydrogen) atoms. The molecule has 2 aromatic carbocycles. The minimum atomic E-state index is 0.974. The van der Waals surface area contributed by atoms with E-state index < -0.39 is 0 Å². The average molecular weight is 224 g/mol. The Hall–Kier alpha value is -2.42. The van der Waals surface area contributed by atoms with E-state index in [2.05, 4.69) is 10.3 Å². The van der Waals surface area contributed by atoms with Crippen molar-refractivity contribution >= 4 is 12.4 Å². The van der Waals surface area contributed by atoms with Gasteiger partial charge in [-0.2, -0.15) is 0 Å². The predicted octanol–water partition coefficient (Wildman–Crippen LogP) is 3.07. The van der Waals surface area contributed by atoms with Crippen molar-refractivity contribution in [1.82, 2.24) is 0 Å². The van der Waals surface area contributed by atoms with Gasteiger partial charge in [0.1, 0.15) is 0 Å². The predicted molar refractivity (Wildman–Crippen MR) is 69.2 cm³/mol. The van der Waals surface area contributed by atoms with E-state index in [9.17, 15) is 0 Å². The first-order valence-corrected chi connectivity index (χ1v) is 5.28. The van der Waals surface area contributed by atoms with Crippen molar-refractivity contribution in [2.75, 3.05) is 0 Å². The number of benzene rings is 2. The number of hydrogen-bond acceptors (Lipinski definition) is 3. The number of hydrogen-bond donors (Lipinski definition) is 0. The smallest absolute Gasteiger partial charge is 0.0768 e. The normalized spacial score (nSPS) is 11.1. The summed E-state index contributed by atoms with van der Waals surface area (Å²) in [5.74, 6) is 0. The molecular weight excluding hydrogens is 212 g/mol. The molecule has 3 nitrogen and oxygen atoms in total. The first-order valence-electron chi connectivity index (χ1n) is 5.28. The summed E-state index contributed by atoms with van der Waals surface area (Å²) >= 11 is 0. The van der Waals surface area contributed by atoms with E-state index in [4.69, 9.17) is 4.94 Å². The van der Waals surface area contributed by atoms with Crippen LogP contribution in [0, 0.1) is 0 Å². The van der Waals surface area contributed by atoms with E-state index in [0.29, 0.717) is 0 Å². The lowest BCUT2D eigenvalue weighted by molar-refractivity contribution is 0.159. The molecule has 3 heteroatoms. The summed E-state index contributed by atoms with van der Waals surface area (Å²) in [6.45, 7) is 0. The van der Waals surface area contributed by atoms with Gasteiger partial charge in [-0.3, -0.25) is 0 Å². The zero-order chi connectivity index (χ0) is 11.8. The third-order valence-electron chi connectivity index (χ3n) is 2.10. The highest BCUT2D eigenvalue weighted by Gasteiger charge is 1.84. The topological polar surface area (TPSA) is 34.0 Å². The van der Waals surface area contributed by atoms with Crippen molar-refractivity contribution in [3.8, 4) is 0 Å². The molecular formula is C14H12N2O.